The summed E-state index contributed by atoms with van der Waals surface area (Å²) in [7, 11) is 0. The first-order valence-corrected chi connectivity index (χ1v) is 14.6. The van der Waals surface area contributed by atoms with Crippen LogP contribution >= 0.6 is 0 Å². The van der Waals surface area contributed by atoms with Crippen LogP contribution in [0.4, 0.5) is 0 Å². The molecule has 1 N–H and O–H groups in total. The van der Waals surface area contributed by atoms with Crippen LogP contribution in [0.15, 0.2) is 102 Å². The number of unbranched alkanes of at least 4 members (excludes halogenated alkanes) is 4. The van der Waals surface area contributed by atoms with Crippen molar-refractivity contribution in [3.8, 4) is 11.4 Å². The zero-order valence-electron chi connectivity index (χ0n) is 23.9. The van der Waals surface area contributed by atoms with Crippen LogP contribution in [-0.4, -0.2) is 27.8 Å². The summed E-state index contributed by atoms with van der Waals surface area (Å²) >= 11 is 0. The highest BCUT2D eigenvalue weighted by Crippen LogP contribution is 2.30. The molecule has 40 heavy (non-hydrogen) atoms. The molecule has 0 aliphatic heterocycles. The lowest BCUT2D eigenvalue weighted by Crippen LogP contribution is -2.08. The van der Waals surface area contributed by atoms with Gasteiger partial charge in [-0.1, -0.05) is 86.9 Å². The van der Waals surface area contributed by atoms with Gasteiger partial charge in [-0.2, -0.15) is 5.10 Å². The summed E-state index contributed by atoms with van der Waals surface area (Å²) in [6.07, 6.45) is 27.9. The van der Waals surface area contributed by atoms with Gasteiger partial charge in [-0.05, 0) is 80.4 Å². The monoisotopic (exact) mass is 535 g/mol. The zero-order valence-corrected chi connectivity index (χ0v) is 23.9. The molecule has 0 amide bonds. The molecule has 2 aromatic rings. The summed E-state index contributed by atoms with van der Waals surface area (Å²) in [4.78, 5) is 17.5. The van der Waals surface area contributed by atoms with Gasteiger partial charge in [0, 0.05) is 11.3 Å². The highest BCUT2D eigenvalue weighted by atomic mass is 16.5. The van der Waals surface area contributed by atoms with Crippen LogP contribution in [0.3, 0.4) is 0 Å². The average Bonchev–Trinajstić information content (AvgIpc) is 3.34. The van der Waals surface area contributed by atoms with Crippen molar-refractivity contribution in [2.75, 3.05) is 6.61 Å². The molecule has 0 aromatic carbocycles. The minimum Gasteiger partial charge on any atom is -0.462 e. The number of hydrogen-bond acceptors (Lipinski definition) is 4. The smallest absolute Gasteiger partial charge is 0.337 e. The maximum Gasteiger partial charge on any atom is 0.337 e. The van der Waals surface area contributed by atoms with Crippen LogP contribution in [-0.2, 0) is 9.53 Å². The van der Waals surface area contributed by atoms with Crippen molar-refractivity contribution in [2.24, 2.45) is 0 Å². The summed E-state index contributed by atoms with van der Waals surface area (Å²) in [6.45, 7) is 8.86. The number of esters is 1. The number of aromatic amines is 1. The topological polar surface area (TPSA) is 67.9 Å². The first-order chi connectivity index (χ1) is 19.5. The molecule has 0 bridgehead atoms. The molecule has 4 rings (SSSR count). The number of fused-ring (bicyclic) bond motifs is 1. The van der Waals surface area contributed by atoms with Gasteiger partial charge in [0.15, 0.2) is 0 Å². The summed E-state index contributed by atoms with van der Waals surface area (Å²) in [6, 6.07) is 5.97. The Hall–Kier alpha value is -3.99. The van der Waals surface area contributed by atoms with Crippen molar-refractivity contribution in [1.29, 1.82) is 0 Å². The number of aryl methyl sites for hydroxylation is 1. The number of carbonyl (C=O) groups is 1. The first-order valence-electron chi connectivity index (χ1n) is 14.6. The average molecular weight is 536 g/mol. The molecule has 2 aliphatic rings. The number of nitrogens with one attached hydrogen (secondary N) is 1. The molecule has 5 heteroatoms. The first kappa shape index (κ1) is 29.0. The fourth-order valence-corrected chi connectivity index (χ4v) is 4.90. The van der Waals surface area contributed by atoms with Gasteiger partial charge in [-0.3, -0.25) is 10.1 Å². The van der Waals surface area contributed by atoms with Crippen LogP contribution in [0, 0.1) is 6.92 Å². The van der Waals surface area contributed by atoms with Crippen LogP contribution in [0.2, 0.25) is 0 Å². The second kappa shape index (κ2) is 15.0. The molecule has 0 atom stereocenters. The number of pyridine rings is 1. The summed E-state index contributed by atoms with van der Waals surface area (Å²) in [5, 5.41) is 7.40. The lowest BCUT2D eigenvalue weighted by Gasteiger charge is -2.10. The lowest BCUT2D eigenvalue weighted by molar-refractivity contribution is -0.138. The van der Waals surface area contributed by atoms with Gasteiger partial charge >= 0.3 is 5.97 Å². The van der Waals surface area contributed by atoms with E-state index in [0.29, 0.717) is 18.6 Å². The van der Waals surface area contributed by atoms with Crippen molar-refractivity contribution < 1.29 is 9.53 Å². The number of ether oxygens (including phenoxy) is 1. The summed E-state index contributed by atoms with van der Waals surface area (Å²) < 4.78 is 5.62. The Morgan fingerprint density at radius 2 is 1.82 bits per heavy atom. The van der Waals surface area contributed by atoms with E-state index in [4.69, 9.17) is 4.74 Å². The number of H-pyrrole nitrogens is 1. The molecular formula is C35H41N3O2. The predicted octanol–water partition coefficient (Wildman–Crippen LogP) is 8.71. The van der Waals surface area contributed by atoms with E-state index < -0.39 is 0 Å². The van der Waals surface area contributed by atoms with E-state index in [-0.39, 0.29) is 5.97 Å². The van der Waals surface area contributed by atoms with Gasteiger partial charge in [0.1, 0.15) is 0 Å². The highest BCUT2D eigenvalue weighted by molar-refractivity contribution is 5.92. The van der Waals surface area contributed by atoms with E-state index in [1.807, 2.05) is 55.6 Å². The Morgan fingerprint density at radius 1 is 1.00 bits per heavy atom. The molecular weight excluding hydrogens is 494 g/mol. The second-order valence-electron chi connectivity index (χ2n) is 10.4. The predicted molar refractivity (Wildman–Crippen MR) is 164 cm³/mol. The summed E-state index contributed by atoms with van der Waals surface area (Å²) in [5.74, 6) is -0.259. The lowest BCUT2D eigenvalue weighted by atomic mass is 9.96. The van der Waals surface area contributed by atoms with Crippen LogP contribution in [0.25, 0.3) is 17.0 Å². The molecule has 5 nitrogen and oxygen atoms in total. The highest BCUT2D eigenvalue weighted by Gasteiger charge is 2.15. The minimum absolute atomic E-state index is 0.259. The van der Waals surface area contributed by atoms with E-state index in [1.54, 1.807) is 0 Å². The van der Waals surface area contributed by atoms with Crippen molar-refractivity contribution in [2.45, 2.75) is 71.6 Å². The molecule has 2 aromatic heterocycles. The Labute approximate surface area is 238 Å². The van der Waals surface area contributed by atoms with Gasteiger partial charge in [0.2, 0.25) is 0 Å². The third kappa shape index (κ3) is 8.25. The number of aromatic nitrogens is 3. The molecule has 2 heterocycles. The van der Waals surface area contributed by atoms with Crippen LogP contribution in [0.1, 0.15) is 76.0 Å². The van der Waals surface area contributed by atoms with Crippen molar-refractivity contribution in [1.82, 2.24) is 15.2 Å². The van der Waals surface area contributed by atoms with Gasteiger partial charge in [0.05, 0.1) is 29.8 Å². The van der Waals surface area contributed by atoms with Gasteiger partial charge in [-0.15, -0.1) is 0 Å². The quantitative estimate of drug-likeness (QED) is 0.158. The molecule has 208 valence electrons. The fraction of sp³-hybridized carbons (Fsp3) is 0.343. The van der Waals surface area contributed by atoms with Crippen molar-refractivity contribution >= 4 is 11.5 Å². The molecule has 0 spiro atoms. The standard InChI is InChI=1S/C35H41N3O2/c1-4-5-6-7-13-26(2)14-8-9-23-40-35(39)31-19-11-16-28-21-22-29(17-12-18-30(28)24-31)32-25-36-38-34(32)33-20-10-15-27(3)37-33/h10,12,15-22,24-25H,2,4-9,11,13-14,23H2,1,3H3,(H,36,38)/b18-12+,22-21-,29-17-. The zero-order chi connectivity index (χ0) is 28.2. The number of nitrogens with zero attached hydrogens (tertiary/aromatic N) is 2. The molecule has 0 saturated heterocycles. The van der Waals surface area contributed by atoms with Crippen LogP contribution in [0.5, 0.6) is 0 Å². The van der Waals surface area contributed by atoms with Gasteiger partial charge < -0.3 is 4.74 Å². The van der Waals surface area contributed by atoms with E-state index in [2.05, 4.69) is 53.0 Å². The maximum absolute atomic E-state index is 12.8. The van der Waals surface area contributed by atoms with E-state index in [1.165, 1.54) is 31.3 Å². The van der Waals surface area contributed by atoms with Gasteiger partial charge in [-0.25, -0.2) is 4.79 Å². The Kier molecular flexibility index (Phi) is 10.9. The third-order valence-corrected chi connectivity index (χ3v) is 7.19. The Bertz CT molecular complexity index is 1380. The van der Waals surface area contributed by atoms with Crippen LogP contribution < -0.4 is 0 Å². The third-order valence-electron chi connectivity index (χ3n) is 7.19. The number of allylic oxidation sites excluding steroid dienone is 11. The minimum atomic E-state index is -0.259. The fourth-order valence-electron chi connectivity index (χ4n) is 4.90. The van der Waals surface area contributed by atoms with E-state index in [9.17, 15) is 4.79 Å². The Morgan fingerprint density at radius 3 is 2.65 bits per heavy atom. The number of hydrogen-bond donors (Lipinski definition) is 1. The molecule has 0 saturated carbocycles. The summed E-state index contributed by atoms with van der Waals surface area (Å²) in [5.41, 5.74) is 8.70. The SMILES string of the molecule is C=C(CCCCCC)CCCCOC(=O)C1=CCC=C2\C=C/C(c3cn[nH]c3-c3cccc(C)n3)=C/C=C/C2=C1. The van der Waals surface area contributed by atoms with Crippen molar-refractivity contribution in [3.05, 3.63) is 113 Å². The largest absolute Gasteiger partial charge is 0.462 e. The maximum atomic E-state index is 12.8. The van der Waals surface area contributed by atoms with Crippen molar-refractivity contribution in [3.63, 3.8) is 0 Å². The van der Waals surface area contributed by atoms with E-state index >= 15 is 0 Å². The molecule has 0 unspecified atom stereocenters. The molecule has 0 radical (unpaired) electrons. The number of rotatable bonds is 13. The number of carbonyl (C=O) groups excluding carboxylic acids is 1. The second-order valence-corrected chi connectivity index (χ2v) is 10.4. The molecule has 0 fully saturated rings. The van der Waals surface area contributed by atoms with E-state index in [0.717, 1.165) is 65.0 Å². The van der Waals surface area contributed by atoms with Gasteiger partial charge in [0.25, 0.3) is 0 Å². The normalized spacial score (nSPS) is 17.6. The molecule has 2 aliphatic carbocycles. The Balaban J connectivity index is 1.34.